The van der Waals surface area contributed by atoms with Gasteiger partial charge in [0.05, 0.1) is 31.9 Å². The van der Waals surface area contributed by atoms with E-state index < -0.39 is 11.8 Å². The summed E-state index contributed by atoms with van der Waals surface area (Å²) in [6.07, 6.45) is 0.533. The molecular weight excluding hydrogens is 427 g/mol. The predicted molar refractivity (Wildman–Crippen MR) is 108 cm³/mol. The quantitative estimate of drug-likeness (QED) is 0.406. The molecule has 2 aromatic carbocycles. The number of methoxy groups -OCH3 is 1. The van der Waals surface area contributed by atoms with Crippen LogP contribution in [-0.4, -0.2) is 42.9 Å². The first-order valence-electron chi connectivity index (χ1n) is 8.28. The predicted octanol–water partition coefficient (Wildman–Crippen LogP) is 4.53. The number of carbonyl (C=O) groups excluding carboxylic acids is 3. The van der Waals surface area contributed by atoms with E-state index in [0.717, 1.165) is 4.90 Å². The number of amides is 3. The van der Waals surface area contributed by atoms with Crippen LogP contribution in [0.1, 0.15) is 37.5 Å². The molecule has 9 heteroatoms. The van der Waals surface area contributed by atoms with Crippen molar-refractivity contribution in [1.82, 2.24) is 4.90 Å². The first-order valence-corrected chi connectivity index (χ1v) is 9.42. The molecule has 0 saturated heterocycles. The van der Waals surface area contributed by atoms with Crippen molar-refractivity contribution in [2.75, 3.05) is 25.6 Å². The van der Waals surface area contributed by atoms with E-state index in [2.05, 4.69) is 5.32 Å². The van der Waals surface area contributed by atoms with Gasteiger partial charge >= 0.3 is 0 Å². The number of anilines is 1. The van der Waals surface area contributed by atoms with Crippen molar-refractivity contribution in [2.45, 2.75) is 6.42 Å². The van der Waals surface area contributed by atoms with Gasteiger partial charge in [0, 0.05) is 25.8 Å². The molecule has 0 unspecified atom stereocenters. The Morgan fingerprint density at radius 3 is 2.39 bits per heavy atom. The molecule has 1 N–H and O–H groups in total. The SMILES string of the molecule is COCCCN1C(=O)c2ccc(C(=O)Nc3cc(Cl)c(Cl)cc3Cl)cc2C1=O. The van der Waals surface area contributed by atoms with E-state index in [1.807, 2.05) is 0 Å². The molecule has 0 bridgehead atoms. The van der Waals surface area contributed by atoms with Gasteiger partial charge in [-0.2, -0.15) is 0 Å². The monoisotopic (exact) mass is 440 g/mol. The molecular formula is C19H15Cl3N2O4. The molecule has 0 spiro atoms. The zero-order valence-corrected chi connectivity index (χ0v) is 17.0. The van der Waals surface area contributed by atoms with E-state index in [-0.39, 0.29) is 49.9 Å². The van der Waals surface area contributed by atoms with E-state index >= 15 is 0 Å². The molecule has 1 aliphatic heterocycles. The van der Waals surface area contributed by atoms with Crippen LogP contribution in [0.25, 0.3) is 0 Å². The largest absolute Gasteiger partial charge is 0.385 e. The van der Waals surface area contributed by atoms with Gasteiger partial charge in [-0.25, -0.2) is 0 Å². The zero-order valence-electron chi connectivity index (χ0n) is 14.7. The lowest BCUT2D eigenvalue weighted by molar-refractivity contribution is 0.0638. The first kappa shape index (κ1) is 20.6. The Morgan fingerprint density at radius 2 is 1.68 bits per heavy atom. The number of rotatable bonds is 6. The molecule has 1 aliphatic rings. The highest BCUT2D eigenvalue weighted by molar-refractivity contribution is 6.44. The zero-order chi connectivity index (χ0) is 20.4. The number of carbonyl (C=O) groups is 3. The van der Waals surface area contributed by atoms with Crippen LogP contribution in [0.4, 0.5) is 5.69 Å². The fourth-order valence-electron chi connectivity index (χ4n) is 2.81. The van der Waals surface area contributed by atoms with Crippen LogP contribution >= 0.6 is 34.8 Å². The summed E-state index contributed by atoms with van der Waals surface area (Å²) in [6.45, 7) is 0.687. The normalized spacial score (nSPS) is 13.1. The molecule has 0 fully saturated rings. The molecule has 146 valence electrons. The van der Waals surface area contributed by atoms with Crippen LogP contribution in [0.15, 0.2) is 30.3 Å². The minimum Gasteiger partial charge on any atom is -0.385 e. The first-order chi connectivity index (χ1) is 13.3. The third kappa shape index (κ3) is 4.00. The smallest absolute Gasteiger partial charge is 0.261 e. The van der Waals surface area contributed by atoms with Crippen LogP contribution in [0.5, 0.6) is 0 Å². The summed E-state index contributed by atoms with van der Waals surface area (Å²) >= 11 is 17.9. The molecule has 3 rings (SSSR count). The van der Waals surface area contributed by atoms with Crippen LogP contribution in [0.3, 0.4) is 0 Å². The Kier molecular flexibility index (Phi) is 6.25. The van der Waals surface area contributed by atoms with Gasteiger partial charge in [-0.1, -0.05) is 34.8 Å². The lowest BCUT2D eigenvalue weighted by Gasteiger charge is -2.12. The fourth-order valence-corrected chi connectivity index (χ4v) is 3.41. The van der Waals surface area contributed by atoms with Gasteiger partial charge in [-0.15, -0.1) is 0 Å². The molecule has 28 heavy (non-hydrogen) atoms. The van der Waals surface area contributed by atoms with Crippen LogP contribution in [-0.2, 0) is 4.74 Å². The van der Waals surface area contributed by atoms with Crippen molar-refractivity contribution >= 4 is 58.2 Å². The minimum absolute atomic E-state index is 0.190. The lowest BCUT2D eigenvalue weighted by atomic mass is 10.1. The Labute approximate surface area is 176 Å². The molecule has 0 saturated carbocycles. The molecule has 0 aromatic heterocycles. The van der Waals surface area contributed by atoms with Gasteiger partial charge in [0.2, 0.25) is 0 Å². The van der Waals surface area contributed by atoms with Gasteiger partial charge in [0.25, 0.3) is 17.7 Å². The van der Waals surface area contributed by atoms with E-state index in [4.69, 9.17) is 39.5 Å². The lowest BCUT2D eigenvalue weighted by Crippen LogP contribution is -2.31. The third-order valence-corrected chi connectivity index (χ3v) is 5.26. The van der Waals surface area contributed by atoms with Crippen LogP contribution in [0.2, 0.25) is 15.1 Å². The average molecular weight is 442 g/mol. The Morgan fingerprint density at radius 1 is 1.00 bits per heavy atom. The summed E-state index contributed by atoms with van der Waals surface area (Å²) in [7, 11) is 1.55. The second-order valence-corrected chi connectivity index (χ2v) is 7.29. The van der Waals surface area contributed by atoms with Gasteiger partial charge in [0.1, 0.15) is 0 Å². The number of imide groups is 1. The summed E-state index contributed by atoms with van der Waals surface area (Å²) in [5, 5.41) is 3.35. The molecule has 2 aromatic rings. The van der Waals surface area contributed by atoms with Crippen molar-refractivity contribution in [3.63, 3.8) is 0 Å². The fraction of sp³-hybridized carbons (Fsp3) is 0.211. The van der Waals surface area contributed by atoms with Crippen LogP contribution in [0, 0.1) is 0 Å². The highest BCUT2D eigenvalue weighted by atomic mass is 35.5. The van der Waals surface area contributed by atoms with Crippen molar-refractivity contribution in [2.24, 2.45) is 0 Å². The Bertz CT molecular complexity index is 978. The maximum atomic E-state index is 12.6. The molecule has 0 radical (unpaired) electrons. The molecule has 1 heterocycles. The topological polar surface area (TPSA) is 75.7 Å². The summed E-state index contributed by atoms with van der Waals surface area (Å²) in [5.41, 5.74) is 0.952. The maximum absolute atomic E-state index is 12.6. The van der Waals surface area contributed by atoms with Crippen molar-refractivity contribution in [3.05, 3.63) is 62.1 Å². The number of hydrogen-bond acceptors (Lipinski definition) is 4. The third-order valence-electron chi connectivity index (χ3n) is 4.22. The van der Waals surface area contributed by atoms with Crippen molar-refractivity contribution < 1.29 is 19.1 Å². The number of nitrogens with one attached hydrogen (secondary N) is 1. The van der Waals surface area contributed by atoms with E-state index in [9.17, 15) is 14.4 Å². The Hall–Kier alpha value is -2.12. The van der Waals surface area contributed by atoms with E-state index in [1.165, 1.54) is 30.3 Å². The summed E-state index contributed by atoms with van der Waals surface area (Å²) in [6, 6.07) is 7.20. The number of hydrogen-bond donors (Lipinski definition) is 1. The second kappa shape index (κ2) is 8.49. The average Bonchev–Trinajstić information content (AvgIpc) is 2.90. The molecule has 0 atom stereocenters. The standard InChI is InChI=1S/C19H15Cl3N2O4/c1-28-6-2-5-24-18(26)11-4-3-10(7-12(11)19(24)27)17(25)23-16-9-14(21)13(20)8-15(16)22/h3-4,7-9H,2,5-6H2,1H3,(H,23,25). The molecule has 3 amide bonds. The highest BCUT2D eigenvalue weighted by Crippen LogP contribution is 2.32. The number of halogens is 3. The van der Waals surface area contributed by atoms with E-state index in [0.29, 0.717) is 13.0 Å². The van der Waals surface area contributed by atoms with Crippen LogP contribution < -0.4 is 5.32 Å². The number of ether oxygens (including phenoxy) is 1. The molecule has 0 aliphatic carbocycles. The van der Waals surface area contributed by atoms with Gasteiger partial charge in [-0.05, 0) is 36.8 Å². The Balaban J connectivity index is 1.81. The van der Waals surface area contributed by atoms with Gasteiger partial charge in [0.15, 0.2) is 0 Å². The van der Waals surface area contributed by atoms with Gasteiger partial charge in [-0.3, -0.25) is 19.3 Å². The van der Waals surface area contributed by atoms with Crippen molar-refractivity contribution in [3.8, 4) is 0 Å². The number of benzene rings is 2. The summed E-state index contributed by atoms with van der Waals surface area (Å²) < 4.78 is 4.95. The maximum Gasteiger partial charge on any atom is 0.261 e. The summed E-state index contributed by atoms with van der Waals surface area (Å²) in [5.74, 6) is -1.31. The number of nitrogens with zero attached hydrogens (tertiary/aromatic N) is 1. The number of fused-ring (bicyclic) bond motifs is 1. The second-order valence-electron chi connectivity index (χ2n) is 6.07. The van der Waals surface area contributed by atoms with Gasteiger partial charge < -0.3 is 10.1 Å². The summed E-state index contributed by atoms with van der Waals surface area (Å²) in [4.78, 5) is 38.7. The van der Waals surface area contributed by atoms with E-state index in [1.54, 1.807) is 7.11 Å². The minimum atomic E-state index is -0.499. The molecule has 6 nitrogen and oxygen atoms in total. The highest BCUT2D eigenvalue weighted by Gasteiger charge is 2.35. The van der Waals surface area contributed by atoms with Crippen molar-refractivity contribution in [1.29, 1.82) is 0 Å².